The molecule has 0 heterocycles. The molecular weight excluding hydrogens is 190 g/mol. The van der Waals surface area contributed by atoms with Gasteiger partial charge in [-0.25, -0.2) is 8.42 Å². The van der Waals surface area contributed by atoms with E-state index < -0.39 is 9.84 Å². The molecule has 0 aliphatic rings. The van der Waals surface area contributed by atoms with Gasteiger partial charge in [0.05, 0.1) is 10.6 Å². The number of carbonyl (C=O) groups excluding carboxylic acids is 1. The maximum Gasteiger partial charge on any atom is 0.177 e. The number of carbonyl (C=O) groups is 1. The Hall–Kier alpha value is -1.36. The van der Waals surface area contributed by atoms with Crippen LogP contribution in [0, 0.1) is 0 Å². The Morgan fingerprint density at radius 3 is 2.46 bits per heavy atom. The molecule has 0 unspecified atom stereocenters. The van der Waals surface area contributed by atoms with Gasteiger partial charge in [0.1, 0.15) is 0 Å². The zero-order chi connectivity index (χ0) is 10.1. The largest absolute Gasteiger partial charge is 0.397 e. The second-order valence-electron chi connectivity index (χ2n) is 2.65. The molecule has 0 amide bonds. The molecule has 0 saturated carbocycles. The quantitative estimate of drug-likeness (QED) is 0.555. The summed E-state index contributed by atoms with van der Waals surface area (Å²) in [5, 5.41) is 0. The van der Waals surface area contributed by atoms with Gasteiger partial charge in [-0.1, -0.05) is 6.07 Å². The first kappa shape index (κ1) is 9.73. The fraction of sp³-hybridized carbons (Fsp3) is 0.125. The van der Waals surface area contributed by atoms with Crippen molar-refractivity contribution in [3.63, 3.8) is 0 Å². The van der Waals surface area contributed by atoms with Gasteiger partial charge in [0, 0.05) is 11.8 Å². The van der Waals surface area contributed by atoms with Crippen molar-refractivity contribution in [1.82, 2.24) is 0 Å². The van der Waals surface area contributed by atoms with Crippen LogP contribution in [0.25, 0.3) is 0 Å². The highest BCUT2D eigenvalue weighted by Gasteiger charge is 2.13. The number of para-hydroxylation sites is 1. The van der Waals surface area contributed by atoms with Gasteiger partial charge in [-0.2, -0.15) is 0 Å². The van der Waals surface area contributed by atoms with E-state index in [4.69, 9.17) is 5.73 Å². The van der Waals surface area contributed by atoms with Gasteiger partial charge >= 0.3 is 0 Å². The van der Waals surface area contributed by atoms with E-state index in [9.17, 15) is 13.2 Å². The van der Waals surface area contributed by atoms with Crippen LogP contribution in [-0.2, 0) is 9.84 Å². The highest BCUT2D eigenvalue weighted by atomic mass is 32.2. The molecule has 2 N–H and O–H groups in total. The SMILES string of the molecule is CS(=O)(=O)c1cccc(C=O)c1N. The Kier molecular flexibility index (Phi) is 2.38. The molecule has 0 aliphatic heterocycles. The lowest BCUT2D eigenvalue weighted by molar-refractivity contribution is 0.112. The Labute approximate surface area is 76.3 Å². The molecule has 1 aromatic carbocycles. The third kappa shape index (κ3) is 1.86. The smallest absolute Gasteiger partial charge is 0.177 e. The average molecular weight is 199 g/mol. The Bertz CT molecular complexity index is 437. The van der Waals surface area contributed by atoms with Crippen molar-refractivity contribution in [2.24, 2.45) is 0 Å². The summed E-state index contributed by atoms with van der Waals surface area (Å²) in [5.41, 5.74) is 5.68. The van der Waals surface area contributed by atoms with Crippen LogP contribution in [0.2, 0.25) is 0 Å². The van der Waals surface area contributed by atoms with E-state index in [1.165, 1.54) is 18.2 Å². The number of anilines is 1. The fourth-order valence-corrected chi connectivity index (χ4v) is 1.83. The van der Waals surface area contributed by atoms with Crippen LogP contribution < -0.4 is 5.73 Å². The molecule has 13 heavy (non-hydrogen) atoms. The Morgan fingerprint density at radius 2 is 2.00 bits per heavy atom. The molecule has 0 fully saturated rings. The third-order valence-electron chi connectivity index (χ3n) is 1.63. The van der Waals surface area contributed by atoms with Crippen LogP contribution in [0.15, 0.2) is 23.1 Å². The number of sulfone groups is 1. The topological polar surface area (TPSA) is 77.2 Å². The van der Waals surface area contributed by atoms with Crippen molar-refractivity contribution in [2.75, 3.05) is 12.0 Å². The number of benzene rings is 1. The standard InChI is InChI=1S/C8H9NO3S/c1-13(11,12)7-4-2-3-6(5-10)8(7)9/h2-5H,9H2,1H3. The maximum atomic E-state index is 11.1. The van der Waals surface area contributed by atoms with Crippen LogP contribution in [0.5, 0.6) is 0 Å². The number of rotatable bonds is 2. The highest BCUT2D eigenvalue weighted by Crippen LogP contribution is 2.20. The zero-order valence-electron chi connectivity index (χ0n) is 7.02. The first-order valence-electron chi connectivity index (χ1n) is 3.50. The molecule has 4 nitrogen and oxygen atoms in total. The molecule has 0 aromatic heterocycles. The first-order chi connectivity index (χ1) is 5.96. The number of aldehydes is 1. The predicted molar refractivity (Wildman–Crippen MR) is 49.4 cm³/mol. The summed E-state index contributed by atoms with van der Waals surface area (Å²) in [6, 6.07) is 4.32. The highest BCUT2D eigenvalue weighted by molar-refractivity contribution is 7.90. The van der Waals surface area contributed by atoms with Crippen molar-refractivity contribution >= 4 is 21.8 Å². The number of hydrogen-bond donors (Lipinski definition) is 1. The van der Waals surface area contributed by atoms with Gasteiger partial charge in [0.15, 0.2) is 16.1 Å². The maximum absolute atomic E-state index is 11.1. The van der Waals surface area contributed by atoms with Crippen molar-refractivity contribution < 1.29 is 13.2 Å². The van der Waals surface area contributed by atoms with Gasteiger partial charge in [-0.05, 0) is 12.1 Å². The summed E-state index contributed by atoms with van der Waals surface area (Å²) < 4.78 is 22.3. The lowest BCUT2D eigenvalue weighted by Gasteiger charge is -2.04. The minimum Gasteiger partial charge on any atom is -0.397 e. The fourth-order valence-electron chi connectivity index (χ4n) is 0.987. The van der Waals surface area contributed by atoms with Crippen molar-refractivity contribution in [3.05, 3.63) is 23.8 Å². The minimum absolute atomic E-state index is 0.00269. The molecule has 0 saturated heterocycles. The monoisotopic (exact) mass is 199 g/mol. The van der Waals surface area contributed by atoms with Crippen LogP contribution in [-0.4, -0.2) is 21.0 Å². The Morgan fingerprint density at radius 1 is 1.38 bits per heavy atom. The van der Waals surface area contributed by atoms with Crippen molar-refractivity contribution in [1.29, 1.82) is 0 Å². The Balaban J connectivity index is 3.50. The van der Waals surface area contributed by atoms with E-state index in [0.717, 1.165) is 6.26 Å². The second-order valence-corrected chi connectivity index (χ2v) is 4.63. The molecule has 0 spiro atoms. The summed E-state index contributed by atoms with van der Waals surface area (Å²) in [4.78, 5) is 10.4. The summed E-state index contributed by atoms with van der Waals surface area (Å²) >= 11 is 0. The number of nitrogens with two attached hydrogens (primary N) is 1. The number of nitrogen functional groups attached to an aromatic ring is 1. The van der Waals surface area contributed by atoms with Gasteiger partial charge < -0.3 is 5.73 Å². The van der Waals surface area contributed by atoms with Crippen LogP contribution in [0.1, 0.15) is 10.4 Å². The van der Waals surface area contributed by atoms with Crippen LogP contribution >= 0.6 is 0 Å². The van der Waals surface area contributed by atoms with E-state index in [1.807, 2.05) is 0 Å². The molecular formula is C8H9NO3S. The van der Waals surface area contributed by atoms with Gasteiger partial charge in [0.25, 0.3) is 0 Å². The van der Waals surface area contributed by atoms with Crippen LogP contribution in [0.3, 0.4) is 0 Å². The molecule has 0 atom stereocenters. The normalized spacial score (nSPS) is 11.2. The molecule has 0 aliphatic carbocycles. The van der Waals surface area contributed by atoms with E-state index in [1.54, 1.807) is 0 Å². The van der Waals surface area contributed by atoms with Crippen molar-refractivity contribution in [3.8, 4) is 0 Å². The summed E-state index contributed by atoms with van der Waals surface area (Å²) in [6.07, 6.45) is 1.58. The average Bonchev–Trinajstić information content (AvgIpc) is 2.02. The van der Waals surface area contributed by atoms with E-state index in [0.29, 0.717) is 6.29 Å². The molecule has 0 bridgehead atoms. The molecule has 1 rings (SSSR count). The van der Waals surface area contributed by atoms with Gasteiger partial charge in [-0.15, -0.1) is 0 Å². The zero-order valence-corrected chi connectivity index (χ0v) is 7.84. The van der Waals surface area contributed by atoms with Crippen molar-refractivity contribution in [2.45, 2.75) is 4.90 Å². The minimum atomic E-state index is -3.35. The third-order valence-corrected chi connectivity index (χ3v) is 2.78. The molecule has 5 heteroatoms. The lowest BCUT2D eigenvalue weighted by Crippen LogP contribution is -2.04. The summed E-state index contributed by atoms with van der Waals surface area (Å²) in [6.45, 7) is 0. The molecule has 70 valence electrons. The number of hydrogen-bond acceptors (Lipinski definition) is 4. The van der Waals surface area contributed by atoms with E-state index >= 15 is 0 Å². The first-order valence-corrected chi connectivity index (χ1v) is 5.39. The summed E-state index contributed by atoms with van der Waals surface area (Å²) in [7, 11) is -3.35. The summed E-state index contributed by atoms with van der Waals surface area (Å²) in [5.74, 6) is 0. The predicted octanol–water partition coefficient (Wildman–Crippen LogP) is 0.485. The second kappa shape index (κ2) is 3.18. The van der Waals surface area contributed by atoms with Gasteiger partial charge in [0.2, 0.25) is 0 Å². The van der Waals surface area contributed by atoms with Gasteiger partial charge in [-0.3, -0.25) is 4.79 Å². The molecule has 0 radical (unpaired) electrons. The van der Waals surface area contributed by atoms with E-state index in [2.05, 4.69) is 0 Å². The van der Waals surface area contributed by atoms with E-state index in [-0.39, 0.29) is 16.1 Å². The lowest BCUT2D eigenvalue weighted by atomic mass is 10.2. The molecule has 1 aromatic rings. The van der Waals surface area contributed by atoms with Crippen LogP contribution in [0.4, 0.5) is 5.69 Å².